The lowest BCUT2D eigenvalue weighted by Gasteiger charge is -2.33. The Balaban J connectivity index is 2.25. The summed E-state index contributed by atoms with van der Waals surface area (Å²) < 4.78 is 7.82. The summed E-state index contributed by atoms with van der Waals surface area (Å²) in [5, 5.41) is 8.97. The molecule has 2 atom stereocenters. The highest BCUT2D eigenvalue weighted by Gasteiger charge is 2.42. The molecule has 1 aliphatic rings. The minimum Gasteiger partial charge on any atom is -0.378 e. The average molecular weight is 314 g/mol. The van der Waals surface area contributed by atoms with Gasteiger partial charge in [0.25, 0.3) is 0 Å². The van der Waals surface area contributed by atoms with E-state index in [0.29, 0.717) is 6.04 Å². The van der Waals surface area contributed by atoms with E-state index < -0.39 is 0 Å². The number of aryl methyl sites for hydroxylation is 2. The number of nitrogens with one attached hydrogen (secondary N) is 1. The highest BCUT2D eigenvalue weighted by Crippen LogP contribution is 2.39. The van der Waals surface area contributed by atoms with Crippen LogP contribution in [-0.4, -0.2) is 35.1 Å². The van der Waals surface area contributed by atoms with E-state index in [9.17, 15) is 0 Å². The molecular weight excluding hydrogens is 286 g/mol. The predicted octanol–water partition coefficient (Wildman–Crippen LogP) is 2.97. The first-order valence-corrected chi connectivity index (χ1v) is 8.32. The second-order valence-corrected chi connectivity index (χ2v) is 6.90. The molecule has 4 nitrogen and oxygen atoms in total. The van der Waals surface area contributed by atoms with Gasteiger partial charge in [-0.25, -0.2) is 0 Å². The summed E-state index contributed by atoms with van der Waals surface area (Å²) in [5.41, 5.74) is 2.23. The quantitative estimate of drug-likeness (QED) is 0.877. The lowest BCUT2D eigenvalue weighted by Crippen LogP contribution is -2.43. The van der Waals surface area contributed by atoms with Gasteiger partial charge in [-0.15, -0.1) is 0 Å². The van der Waals surface area contributed by atoms with Crippen LogP contribution in [0.4, 0.5) is 0 Å². The summed E-state index contributed by atoms with van der Waals surface area (Å²) in [6.07, 6.45) is 3.09. The summed E-state index contributed by atoms with van der Waals surface area (Å²) in [6, 6.07) is 0.475. The molecular formula is C16H28ClN3O. The van der Waals surface area contributed by atoms with Crippen molar-refractivity contribution in [2.45, 2.75) is 59.1 Å². The van der Waals surface area contributed by atoms with Crippen molar-refractivity contribution in [3.05, 3.63) is 16.4 Å². The van der Waals surface area contributed by atoms with Gasteiger partial charge in [0.15, 0.2) is 0 Å². The van der Waals surface area contributed by atoms with Crippen molar-refractivity contribution in [3.8, 4) is 0 Å². The monoisotopic (exact) mass is 313 g/mol. The Bertz CT molecular complexity index is 486. The van der Waals surface area contributed by atoms with Crippen LogP contribution in [0.15, 0.2) is 0 Å². The Morgan fingerprint density at radius 3 is 2.71 bits per heavy atom. The summed E-state index contributed by atoms with van der Waals surface area (Å²) in [6.45, 7) is 10.4. The maximum Gasteiger partial charge on any atom is 0.0849 e. The molecule has 1 saturated heterocycles. The summed E-state index contributed by atoms with van der Waals surface area (Å²) in [4.78, 5) is 0. The fraction of sp³-hybridized carbons (Fsp3) is 0.812. The third-order valence-corrected chi connectivity index (χ3v) is 5.15. The molecule has 2 heterocycles. The third kappa shape index (κ3) is 3.43. The Labute approximate surface area is 133 Å². The molecule has 0 saturated carbocycles. The molecule has 0 aliphatic carbocycles. The maximum atomic E-state index is 6.54. The highest BCUT2D eigenvalue weighted by atomic mass is 35.5. The number of rotatable bonds is 6. The Morgan fingerprint density at radius 2 is 2.24 bits per heavy atom. The maximum absolute atomic E-state index is 6.54. The molecule has 21 heavy (non-hydrogen) atoms. The zero-order chi connectivity index (χ0) is 15.6. The molecule has 5 heteroatoms. The molecule has 1 aliphatic heterocycles. The molecule has 1 N–H and O–H groups in total. The molecule has 0 amide bonds. The van der Waals surface area contributed by atoms with E-state index >= 15 is 0 Å². The zero-order valence-electron chi connectivity index (χ0n) is 13.9. The van der Waals surface area contributed by atoms with E-state index in [1.54, 1.807) is 0 Å². The topological polar surface area (TPSA) is 39.1 Å². The molecule has 2 unspecified atom stereocenters. The van der Waals surface area contributed by atoms with E-state index in [1.165, 1.54) is 0 Å². The lowest BCUT2D eigenvalue weighted by molar-refractivity contribution is 0.0611. The number of aromatic nitrogens is 2. The summed E-state index contributed by atoms with van der Waals surface area (Å²) in [5.74, 6) is 0. The average Bonchev–Trinajstić information content (AvgIpc) is 2.92. The predicted molar refractivity (Wildman–Crippen MR) is 86.9 cm³/mol. The number of nitrogens with zero attached hydrogens (tertiary/aromatic N) is 2. The molecule has 0 radical (unpaired) electrons. The van der Waals surface area contributed by atoms with Crippen LogP contribution in [0.25, 0.3) is 0 Å². The van der Waals surface area contributed by atoms with Crippen LogP contribution >= 0.6 is 11.6 Å². The standard InChI is InChI=1S/C16H28ClN3O/c1-6-13-15(17)14(20(5)19-13)9-16(10-18-11(2)3)7-8-21-12(16)4/h11-12,18H,6-10H2,1-5H3. The van der Waals surface area contributed by atoms with Crippen molar-refractivity contribution in [1.82, 2.24) is 15.1 Å². The van der Waals surface area contributed by atoms with Gasteiger partial charge >= 0.3 is 0 Å². The normalized spacial score (nSPS) is 26.0. The van der Waals surface area contributed by atoms with Gasteiger partial charge in [-0.1, -0.05) is 32.4 Å². The van der Waals surface area contributed by atoms with Crippen molar-refractivity contribution < 1.29 is 4.74 Å². The van der Waals surface area contributed by atoms with E-state index in [0.717, 1.165) is 48.8 Å². The van der Waals surface area contributed by atoms with E-state index in [2.05, 4.69) is 38.1 Å². The molecule has 1 fully saturated rings. The van der Waals surface area contributed by atoms with Crippen LogP contribution < -0.4 is 5.32 Å². The summed E-state index contributed by atoms with van der Waals surface area (Å²) >= 11 is 6.54. The zero-order valence-corrected chi connectivity index (χ0v) is 14.6. The van der Waals surface area contributed by atoms with Crippen LogP contribution in [0.2, 0.25) is 5.02 Å². The number of hydrogen-bond acceptors (Lipinski definition) is 3. The minimum atomic E-state index is 0.104. The van der Waals surface area contributed by atoms with Crippen LogP contribution in [0.3, 0.4) is 0 Å². The van der Waals surface area contributed by atoms with Crippen LogP contribution in [0.5, 0.6) is 0 Å². The van der Waals surface area contributed by atoms with Gasteiger partial charge in [0, 0.05) is 38.1 Å². The first kappa shape index (κ1) is 16.8. The van der Waals surface area contributed by atoms with Crippen LogP contribution in [0, 0.1) is 5.41 Å². The fourth-order valence-corrected chi connectivity index (χ4v) is 3.46. The van der Waals surface area contributed by atoms with Gasteiger partial charge < -0.3 is 10.1 Å². The lowest BCUT2D eigenvalue weighted by atomic mass is 9.77. The van der Waals surface area contributed by atoms with Crippen molar-refractivity contribution in [2.75, 3.05) is 13.2 Å². The SMILES string of the molecule is CCc1nn(C)c(CC2(CNC(C)C)CCOC2C)c1Cl. The number of ether oxygens (including phenoxy) is 1. The van der Waals surface area contributed by atoms with Crippen molar-refractivity contribution in [1.29, 1.82) is 0 Å². The Hall–Kier alpha value is -0.580. The number of halogens is 1. The molecule has 120 valence electrons. The molecule has 1 aromatic rings. The van der Waals surface area contributed by atoms with Crippen molar-refractivity contribution in [2.24, 2.45) is 12.5 Å². The second-order valence-electron chi connectivity index (χ2n) is 6.52. The second kappa shape index (κ2) is 6.67. The Kier molecular flexibility index (Phi) is 5.33. The molecule has 0 bridgehead atoms. The smallest absolute Gasteiger partial charge is 0.0849 e. The van der Waals surface area contributed by atoms with Gasteiger partial charge in [-0.2, -0.15) is 5.10 Å². The van der Waals surface area contributed by atoms with Gasteiger partial charge in [0.2, 0.25) is 0 Å². The Morgan fingerprint density at radius 1 is 1.52 bits per heavy atom. The van der Waals surface area contributed by atoms with E-state index in [4.69, 9.17) is 16.3 Å². The van der Waals surface area contributed by atoms with Crippen molar-refractivity contribution >= 4 is 11.6 Å². The summed E-state index contributed by atoms with van der Waals surface area (Å²) in [7, 11) is 1.99. The molecule has 2 rings (SSSR count). The molecule has 0 aromatic carbocycles. The third-order valence-electron chi connectivity index (χ3n) is 4.72. The van der Waals surface area contributed by atoms with Gasteiger partial charge in [-0.3, -0.25) is 4.68 Å². The first-order valence-electron chi connectivity index (χ1n) is 7.95. The van der Waals surface area contributed by atoms with Crippen LogP contribution in [-0.2, 0) is 24.6 Å². The highest BCUT2D eigenvalue weighted by molar-refractivity contribution is 6.31. The van der Waals surface area contributed by atoms with Gasteiger partial charge in [0.1, 0.15) is 0 Å². The van der Waals surface area contributed by atoms with E-state index in [-0.39, 0.29) is 11.5 Å². The minimum absolute atomic E-state index is 0.104. The number of hydrogen-bond donors (Lipinski definition) is 1. The van der Waals surface area contributed by atoms with Gasteiger partial charge in [-0.05, 0) is 19.8 Å². The fourth-order valence-electron chi connectivity index (χ4n) is 3.10. The van der Waals surface area contributed by atoms with Crippen molar-refractivity contribution in [3.63, 3.8) is 0 Å². The largest absolute Gasteiger partial charge is 0.378 e. The van der Waals surface area contributed by atoms with Gasteiger partial charge in [0.05, 0.1) is 22.5 Å². The van der Waals surface area contributed by atoms with E-state index in [1.807, 2.05) is 11.7 Å². The molecule has 0 spiro atoms. The first-order chi connectivity index (χ1) is 9.89. The molecule has 1 aromatic heterocycles. The van der Waals surface area contributed by atoms with Crippen LogP contribution in [0.1, 0.15) is 45.5 Å².